The molecule has 2 rings (SSSR count). The van der Waals surface area contributed by atoms with Crippen molar-refractivity contribution in [2.45, 2.75) is 11.3 Å². The monoisotopic (exact) mass is 344 g/mol. The van der Waals surface area contributed by atoms with E-state index in [0.717, 1.165) is 0 Å². The summed E-state index contributed by atoms with van der Waals surface area (Å²) >= 11 is 10.8. The first-order valence-corrected chi connectivity index (χ1v) is 8.28. The molecule has 0 unspecified atom stereocenters. The highest BCUT2D eigenvalue weighted by Gasteiger charge is 2.18. The fourth-order valence-electron chi connectivity index (χ4n) is 1.71. The fraction of sp³-hybridized carbons (Fsp3) is 0.154. The minimum atomic E-state index is -3.69. The summed E-state index contributed by atoms with van der Waals surface area (Å²) in [4.78, 5) is 0.148. The van der Waals surface area contributed by atoms with Crippen molar-refractivity contribution in [3.05, 3.63) is 52.9 Å². The van der Waals surface area contributed by atoms with E-state index in [1.54, 1.807) is 12.1 Å². The molecule has 0 aliphatic rings. The van der Waals surface area contributed by atoms with E-state index in [-0.39, 0.29) is 21.5 Å². The largest absolute Gasteiger partial charge is 0.469 e. The topological polar surface area (TPSA) is 85.3 Å². The molecule has 0 bridgehead atoms. The second-order valence-corrected chi connectivity index (χ2v) is 6.82. The van der Waals surface area contributed by atoms with Gasteiger partial charge in [0.05, 0.1) is 11.3 Å². The molecular weight excluding hydrogens is 332 g/mol. The maximum atomic E-state index is 12.2. The van der Waals surface area contributed by atoms with Crippen molar-refractivity contribution >= 4 is 38.8 Å². The van der Waals surface area contributed by atoms with Gasteiger partial charge >= 0.3 is 0 Å². The molecule has 3 N–H and O–H groups in total. The van der Waals surface area contributed by atoms with Crippen LogP contribution in [0.3, 0.4) is 0 Å². The zero-order valence-corrected chi connectivity index (χ0v) is 13.3. The van der Waals surface area contributed by atoms with Crippen LogP contribution >= 0.6 is 23.8 Å². The summed E-state index contributed by atoms with van der Waals surface area (Å²) in [5.74, 6) is 0.702. The highest BCUT2D eigenvalue weighted by molar-refractivity contribution is 7.89. The number of sulfonamides is 1. The van der Waals surface area contributed by atoms with Crippen molar-refractivity contribution in [1.29, 1.82) is 0 Å². The van der Waals surface area contributed by atoms with Crippen LogP contribution in [0.5, 0.6) is 0 Å². The van der Waals surface area contributed by atoms with Gasteiger partial charge in [0, 0.05) is 18.5 Å². The van der Waals surface area contributed by atoms with E-state index in [1.165, 1.54) is 24.5 Å². The van der Waals surface area contributed by atoms with Gasteiger partial charge in [-0.1, -0.05) is 29.9 Å². The third-order valence-corrected chi connectivity index (χ3v) is 4.93. The standard InChI is InChI=1S/C13H13ClN2O3S2/c14-11-8-9(13(15)20)3-4-12(11)21(17,18)16-6-5-10-2-1-7-19-10/h1-4,7-8,16H,5-6H2,(H2,15,20). The Balaban J connectivity index is 2.10. The molecular formula is C13H13ClN2O3S2. The number of rotatable bonds is 6. The Morgan fingerprint density at radius 3 is 2.71 bits per heavy atom. The van der Waals surface area contributed by atoms with Crippen molar-refractivity contribution < 1.29 is 12.8 Å². The molecule has 21 heavy (non-hydrogen) atoms. The van der Waals surface area contributed by atoms with Crippen LogP contribution in [-0.4, -0.2) is 20.0 Å². The lowest BCUT2D eigenvalue weighted by Crippen LogP contribution is -2.26. The number of hydrogen-bond acceptors (Lipinski definition) is 4. The smallest absolute Gasteiger partial charge is 0.242 e. The Morgan fingerprint density at radius 1 is 1.38 bits per heavy atom. The van der Waals surface area contributed by atoms with Crippen LogP contribution in [0.4, 0.5) is 0 Å². The number of nitrogens with two attached hydrogens (primary N) is 1. The summed E-state index contributed by atoms with van der Waals surface area (Å²) in [5.41, 5.74) is 5.99. The van der Waals surface area contributed by atoms with Gasteiger partial charge in [-0.3, -0.25) is 0 Å². The fourth-order valence-corrected chi connectivity index (χ4v) is 3.41. The zero-order valence-electron chi connectivity index (χ0n) is 10.9. The van der Waals surface area contributed by atoms with Crippen LogP contribution in [0.15, 0.2) is 45.9 Å². The summed E-state index contributed by atoms with van der Waals surface area (Å²) in [6, 6.07) is 7.86. The SMILES string of the molecule is NC(=S)c1ccc(S(=O)(=O)NCCc2ccco2)c(Cl)c1. The lowest BCUT2D eigenvalue weighted by Gasteiger charge is -2.09. The maximum absolute atomic E-state index is 12.2. The van der Waals surface area contributed by atoms with Crippen molar-refractivity contribution in [1.82, 2.24) is 4.72 Å². The van der Waals surface area contributed by atoms with Gasteiger partial charge in [0.2, 0.25) is 10.0 Å². The lowest BCUT2D eigenvalue weighted by atomic mass is 10.2. The molecule has 2 aromatic rings. The van der Waals surface area contributed by atoms with Crippen molar-refractivity contribution in [3.63, 3.8) is 0 Å². The predicted octanol–water partition coefficient (Wildman–Crippen LogP) is 2.09. The molecule has 1 aromatic carbocycles. The molecule has 5 nitrogen and oxygen atoms in total. The van der Waals surface area contributed by atoms with Gasteiger partial charge in [-0.05, 0) is 24.3 Å². The van der Waals surface area contributed by atoms with Gasteiger partial charge in [0.25, 0.3) is 0 Å². The number of furan rings is 1. The molecule has 1 heterocycles. The molecule has 112 valence electrons. The minimum Gasteiger partial charge on any atom is -0.469 e. The first kappa shape index (κ1) is 16.0. The van der Waals surface area contributed by atoms with Gasteiger partial charge in [0.15, 0.2) is 0 Å². The average molecular weight is 345 g/mol. The van der Waals surface area contributed by atoms with Crippen LogP contribution < -0.4 is 10.5 Å². The van der Waals surface area contributed by atoms with Gasteiger partial charge in [-0.2, -0.15) is 0 Å². The quantitative estimate of drug-likeness (QED) is 0.784. The number of thiocarbonyl (C=S) groups is 1. The lowest BCUT2D eigenvalue weighted by molar-refractivity contribution is 0.506. The summed E-state index contributed by atoms with van der Waals surface area (Å²) in [5, 5.41) is 0.0748. The third-order valence-electron chi connectivity index (χ3n) is 2.75. The summed E-state index contributed by atoms with van der Waals surface area (Å²) in [6.07, 6.45) is 1.99. The van der Waals surface area contributed by atoms with Crippen LogP contribution in [0.2, 0.25) is 5.02 Å². The number of nitrogens with one attached hydrogen (secondary N) is 1. The molecule has 0 saturated heterocycles. The van der Waals surface area contributed by atoms with E-state index in [9.17, 15) is 8.42 Å². The molecule has 0 amide bonds. The second-order valence-electron chi connectivity index (χ2n) is 4.24. The summed E-state index contributed by atoms with van der Waals surface area (Å²) in [6.45, 7) is 0.212. The third kappa shape index (κ3) is 4.04. The molecule has 0 saturated carbocycles. The van der Waals surface area contributed by atoms with E-state index in [1.807, 2.05) is 0 Å². The highest BCUT2D eigenvalue weighted by Crippen LogP contribution is 2.22. The Morgan fingerprint density at radius 2 is 2.14 bits per heavy atom. The van der Waals surface area contributed by atoms with Crippen LogP contribution in [0.1, 0.15) is 11.3 Å². The van der Waals surface area contributed by atoms with Gasteiger partial charge in [-0.15, -0.1) is 0 Å². The van der Waals surface area contributed by atoms with Crippen LogP contribution in [0.25, 0.3) is 0 Å². The average Bonchev–Trinajstić information content (AvgIpc) is 2.91. The number of benzene rings is 1. The Bertz CT molecular complexity index is 743. The van der Waals surface area contributed by atoms with Crippen LogP contribution in [-0.2, 0) is 16.4 Å². The number of hydrogen-bond donors (Lipinski definition) is 2. The molecule has 0 aliphatic heterocycles. The number of halogens is 1. The molecule has 1 aromatic heterocycles. The molecule has 0 atom stereocenters. The van der Waals surface area contributed by atoms with Gasteiger partial charge in [0.1, 0.15) is 15.6 Å². The first-order chi connectivity index (χ1) is 9.90. The maximum Gasteiger partial charge on any atom is 0.242 e. The Hall–Kier alpha value is -1.41. The van der Waals surface area contributed by atoms with Crippen LogP contribution in [0, 0.1) is 0 Å². The van der Waals surface area contributed by atoms with E-state index in [0.29, 0.717) is 17.7 Å². The van der Waals surface area contributed by atoms with E-state index >= 15 is 0 Å². The molecule has 0 aliphatic carbocycles. The molecule has 0 radical (unpaired) electrons. The highest BCUT2D eigenvalue weighted by atomic mass is 35.5. The summed E-state index contributed by atoms with van der Waals surface area (Å²) in [7, 11) is -3.69. The Labute approximate surface area is 133 Å². The molecule has 0 fully saturated rings. The minimum absolute atomic E-state index is 0.0105. The van der Waals surface area contributed by atoms with Gasteiger partial charge in [-0.25, -0.2) is 13.1 Å². The van der Waals surface area contributed by atoms with Crippen molar-refractivity contribution in [2.75, 3.05) is 6.54 Å². The zero-order chi connectivity index (χ0) is 15.5. The normalized spacial score (nSPS) is 11.5. The Kier molecular flexibility index (Phi) is 5.00. The van der Waals surface area contributed by atoms with Crippen molar-refractivity contribution in [3.8, 4) is 0 Å². The van der Waals surface area contributed by atoms with E-state index < -0.39 is 10.0 Å². The second kappa shape index (κ2) is 6.57. The van der Waals surface area contributed by atoms with E-state index in [2.05, 4.69) is 4.72 Å². The predicted molar refractivity (Wildman–Crippen MR) is 84.9 cm³/mol. The molecule has 8 heteroatoms. The van der Waals surface area contributed by atoms with Gasteiger partial charge < -0.3 is 10.2 Å². The van der Waals surface area contributed by atoms with E-state index in [4.69, 9.17) is 34.0 Å². The van der Waals surface area contributed by atoms with Crippen molar-refractivity contribution in [2.24, 2.45) is 5.73 Å². The summed E-state index contributed by atoms with van der Waals surface area (Å²) < 4.78 is 31.9. The first-order valence-electron chi connectivity index (χ1n) is 6.01. The molecule has 0 spiro atoms.